The average molecular weight is 393 g/mol. The molecule has 1 aromatic heterocycles. The van der Waals surface area contributed by atoms with Crippen LogP contribution in [0.3, 0.4) is 0 Å². The average Bonchev–Trinajstić information content (AvgIpc) is 3.03. The van der Waals surface area contributed by atoms with Crippen molar-refractivity contribution in [1.29, 1.82) is 0 Å². The highest BCUT2D eigenvalue weighted by molar-refractivity contribution is 7.89. The third kappa shape index (κ3) is 3.39. The van der Waals surface area contributed by atoms with E-state index in [-0.39, 0.29) is 17.2 Å². The predicted octanol–water partition coefficient (Wildman–Crippen LogP) is 3.03. The van der Waals surface area contributed by atoms with Crippen LogP contribution in [0.4, 0.5) is 5.69 Å². The second-order valence-corrected chi connectivity index (χ2v) is 8.59. The molecule has 136 valence electrons. The highest BCUT2D eigenvalue weighted by Gasteiger charge is 2.26. The summed E-state index contributed by atoms with van der Waals surface area (Å²) in [6, 6.07) is 11.1. The monoisotopic (exact) mass is 393 g/mol. The van der Waals surface area contributed by atoms with Crippen molar-refractivity contribution in [1.82, 2.24) is 9.29 Å². The van der Waals surface area contributed by atoms with Crippen molar-refractivity contribution in [3.63, 3.8) is 0 Å². The first-order chi connectivity index (χ1) is 12.3. The van der Waals surface area contributed by atoms with Crippen LogP contribution in [0.5, 0.6) is 5.75 Å². The molecule has 0 aliphatic rings. The van der Waals surface area contributed by atoms with Crippen LogP contribution in [-0.4, -0.2) is 36.8 Å². The summed E-state index contributed by atoms with van der Waals surface area (Å²) in [6.07, 6.45) is 0. The fourth-order valence-corrected chi connectivity index (χ4v) is 4.67. The number of para-hydroxylation sites is 1. The van der Waals surface area contributed by atoms with Crippen molar-refractivity contribution < 1.29 is 18.1 Å². The van der Waals surface area contributed by atoms with Gasteiger partial charge >= 0.3 is 5.69 Å². The zero-order chi connectivity index (χ0) is 18.9. The van der Waals surface area contributed by atoms with Crippen LogP contribution in [-0.2, 0) is 16.6 Å². The molecule has 0 bridgehead atoms. The van der Waals surface area contributed by atoms with E-state index < -0.39 is 20.6 Å². The van der Waals surface area contributed by atoms with E-state index in [4.69, 9.17) is 4.74 Å². The molecule has 0 atom stereocenters. The van der Waals surface area contributed by atoms with Crippen LogP contribution in [0.2, 0.25) is 0 Å². The minimum absolute atomic E-state index is 0.00257. The van der Waals surface area contributed by atoms with Crippen LogP contribution in [0.15, 0.2) is 47.4 Å². The van der Waals surface area contributed by atoms with E-state index in [1.165, 1.54) is 37.6 Å². The molecule has 2 aromatic carbocycles. The lowest BCUT2D eigenvalue weighted by atomic mass is 10.3. The van der Waals surface area contributed by atoms with Crippen molar-refractivity contribution in [3.05, 3.63) is 57.6 Å². The fourth-order valence-electron chi connectivity index (χ4n) is 2.42. The van der Waals surface area contributed by atoms with Gasteiger partial charge in [0.25, 0.3) is 0 Å². The van der Waals surface area contributed by atoms with E-state index in [2.05, 4.69) is 4.98 Å². The molecular formula is C16H15N3O5S2. The maximum absolute atomic E-state index is 12.8. The Morgan fingerprint density at radius 2 is 2.00 bits per heavy atom. The third-order valence-corrected chi connectivity index (χ3v) is 6.57. The highest BCUT2D eigenvalue weighted by Crippen LogP contribution is 2.31. The number of thiazole rings is 1. The number of nitro benzene ring substituents is 1. The Balaban J connectivity index is 1.91. The molecule has 0 radical (unpaired) electrons. The van der Waals surface area contributed by atoms with Crippen molar-refractivity contribution in [2.24, 2.45) is 0 Å². The molecule has 1 heterocycles. The molecule has 8 nitrogen and oxygen atoms in total. The van der Waals surface area contributed by atoms with Crippen LogP contribution >= 0.6 is 11.3 Å². The smallest absolute Gasteiger partial charge is 0.312 e. The maximum Gasteiger partial charge on any atom is 0.312 e. The van der Waals surface area contributed by atoms with Crippen LogP contribution in [0, 0.1) is 10.1 Å². The second kappa shape index (κ2) is 6.98. The Morgan fingerprint density at radius 1 is 1.27 bits per heavy atom. The van der Waals surface area contributed by atoms with Gasteiger partial charge in [0, 0.05) is 13.1 Å². The van der Waals surface area contributed by atoms with Crippen molar-refractivity contribution in [3.8, 4) is 5.75 Å². The Labute approximate surface area is 153 Å². The zero-order valence-corrected chi connectivity index (χ0v) is 15.6. The van der Waals surface area contributed by atoms with Gasteiger partial charge in [0.2, 0.25) is 10.0 Å². The summed E-state index contributed by atoms with van der Waals surface area (Å²) in [5.41, 5.74) is 0.403. The largest absolute Gasteiger partial charge is 0.490 e. The van der Waals surface area contributed by atoms with E-state index in [1.54, 1.807) is 0 Å². The van der Waals surface area contributed by atoms with Gasteiger partial charge in [-0.25, -0.2) is 13.4 Å². The number of nitrogens with zero attached hydrogens (tertiary/aromatic N) is 3. The van der Waals surface area contributed by atoms with Gasteiger partial charge in [-0.05, 0) is 24.3 Å². The lowest BCUT2D eigenvalue weighted by Crippen LogP contribution is -2.26. The van der Waals surface area contributed by atoms with Crippen molar-refractivity contribution in [2.45, 2.75) is 11.4 Å². The molecule has 0 unspecified atom stereocenters. The van der Waals surface area contributed by atoms with Gasteiger partial charge in [0.15, 0.2) is 5.75 Å². The fraction of sp³-hybridized carbons (Fsp3) is 0.188. The molecule has 0 spiro atoms. The number of nitro groups is 1. The lowest BCUT2D eigenvalue weighted by Gasteiger charge is -2.16. The molecule has 0 saturated carbocycles. The van der Waals surface area contributed by atoms with E-state index in [0.717, 1.165) is 20.6 Å². The minimum atomic E-state index is -3.92. The van der Waals surface area contributed by atoms with E-state index in [0.29, 0.717) is 5.01 Å². The zero-order valence-electron chi connectivity index (χ0n) is 13.9. The van der Waals surface area contributed by atoms with Gasteiger partial charge in [0.1, 0.15) is 5.01 Å². The molecule has 0 fully saturated rings. The normalized spacial score (nSPS) is 11.8. The van der Waals surface area contributed by atoms with Gasteiger partial charge in [-0.2, -0.15) is 4.31 Å². The van der Waals surface area contributed by atoms with E-state index >= 15 is 0 Å². The topological polar surface area (TPSA) is 103 Å². The molecule has 0 aliphatic heterocycles. The second-order valence-electron chi connectivity index (χ2n) is 5.43. The number of aromatic nitrogens is 1. The van der Waals surface area contributed by atoms with Gasteiger partial charge in [0.05, 0.1) is 33.7 Å². The summed E-state index contributed by atoms with van der Waals surface area (Å²) in [5.74, 6) is 0.00257. The van der Waals surface area contributed by atoms with Gasteiger partial charge in [-0.1, -0.05) is 12.1 Å². The first kappa shape index (κ1) is 18.2. The molecule has 0 aliphatic carbocycles. The van der Waals surface area contributed by atoms with Crippen LogP contribution in [0.1, 0.15) is 5.01 Å². The van der Waals surface area contributed by atoms with E-state index in [1.807, 2.05) is 24.3 Å². The molecule has 3 aromatic rings. The number of fused-ring (bicyclic) bond motifs is 1. The predicted molar refractivity (Wildman–Crippen MR) is 97.9 cm³/mol. The quantitative estimate of drug-likeness (QED) is 0.471. The van der Waals surface area contributed by atoms with Crippen LogP contribution in [0.25, 0.3) is 10.2 Å². The first-order valence-corrected chi connectivity index (χ1v) is 9.72. The minimum Gasteiger partial charge on any atom is -0.490 e. The Morgan fingerprint density at radius 3 is 2.65 bits per heavy atom. The lowest BCUT2D eigenvalue weighted by molar-refractivity contribution is -0.386. The summed E-state index contributed by atoms with van der Waals surface area (Å²) in [4.78, 5) is 14.7. The molecule has 3 rings (SSSR count). The SMILES string of the molecule is COc1ccc(S(=O)(=O)N(C)Cc2nc3ccccc3s2)cc1[N+](=O)[O-]. The molecule has 10 heteroatoms. The highest BCUT2D eigenvalue weighted by atomic mass is 32.2. The first-order valence-electron chi connectivity index (χ1n) is 7.46. The molecule has 0 amide bonds. The summed E-state index contributed by atoms with van der Waals surface area (Å²) in [5, 5.41) is 11.8. The summed E-state index contributed by atoms with van der Waals surface area (Å²) < 4.78 is 32.5. The standard InChI is InChI=1S/C16H15N3O5S2/c1-18(10-16-17-12-5-3-4-6-15(12)25-16)26(22,23)11-7-8-14(24-2)13(9-11)19(20)21/h3-9H,10H2,1-2H3. The Kier molecular flexibility index (Phi) is 4.90. The number of sulfonamides is 1. The number of ether oxygens (including phenoxy) is 1. The third-order valence-electron chi connectivity index (χ3n) is 3.75. The van der Waals surface area contributed by atoms with Crippen molar-refractivity contribution in [2.75, 3.05) is 14.2 Å². The van der Waals surface area contributed by atoms with Crippen molar-refractivity contribution >= 4 is 37.3 Å². The summed E-state index contributed by atoms with van der Waals surface area (Å²) >= 11 is 1.41. The number of hydrogen-bond donors (Lipinski definition) is 0. The Bertz CT molecular complexity index is 1050. The molecule has 26 heavy (non-hydrogen) atoms. The molecule has 0 N–H and O–H groups in total. The Hall–Kier alpha value is -2.56. The molecule has 0 saturated heterocycles. The van der Waals surface area contributed by atoms with E-state index in [9.17, 15) is 18.5 Å². The van der Waals surface area contributed by atoms with Gasteiger partial charge in [-0.15, -0.1) is 11.3 Å². The maximum atomic E-state index is 12.8. The number of methoxy groups -OCH3 is 1. The summed E-state index contributed by atoms with van der Waals surface area (Å²) in [6.45, 7) is 0.0709. The number of hydrogen-bond acceptors (Lipinski definition) is 7. The number of rotatable bonds is 6. The molecular weight excluding hydrogens is 378 g/mol. The van der Waals surface area contributed by atoms with Gasteiger partial charge in [-0.3, -0.25) is 10.1 Å². The summed E-state index contributed by atoms with van der Waals surface area (Å²) in [7, 11) is -1.21. The van der Waals surface area contributed by atoms with Gasteiger partial charge < -0.3 is 4.74 Å². The number of benzene rings is 2. The van der Waals surface area contributed by atoms with Crippen LogP contribution < -0.4 is 4.74 Å².